The van der Waals surface area contributed by atoms with Gasteiger partial charge in [0, 0.05) is 17.4 Å². The molecule has 5 unspecified atom stereocenters. The van der Waals surface area contributed by atoms with Crippen molar-refractivity contribution in [2.45, 2.75) is 50.3 Å². The number of carbonyl (C=O) groups excluding carboxylic acids is 2. The van der Waals surface area contributed by atoms with E-state index >= 15 is 0 Å². The van der Waals surface area contributed by atoms with Crippen LogP contribution in [0.2, 0.25) is 0 Å². The highest BCUT2D eigenvalue weighted by molar-refractivity contribution is 7.87. The first-order valence-electron chi connectivity index (χ1n) is 7.20. The van der Waals surface area contributed by atoms with Crippen molar-refractivity contribution in [2.75, 3.05) is 0 Å². The maximum absolute atomic E-state index is 12.0. The fourth-order valence-corrected chi connectivity index (χ4v) is 5.47. The van der Waals surface area contributed by atoms with E-state index in [2.05, 4.69) is 6.58 Å². The topological polar surface area (TPSA) is 96.0 Å². The smallest absolute Gasteiger partial charge is 0.347 e. The zero-order valence-corrected chi connectivity index (χ0v) is 13.2. The first-order chi connectivity index (χ1) is 10.2. The van der Waals surface area contributed by atoms with Crippen LogP contribution in [0.15, 0.2) is 12.2 Å². The summed E-state index contributed by atoms with van der Waals surface area (Å²) in [6.45, 7) is 6.32. The molecule has 2 bridgehead atoms. The third-order valence-electron chi connectivity index (χ3n) is 4.63. The number of hydrogen-bond acceptors (Lipinski definition) is 7. The fourth-order valence-electron chi connectivity index (χ4n) is 3.58. The number of ether oxygens (including phenoxy) is 2. The average molecular weight is 330 g/mol. The van der Waals surface area contributed by atoms with Crippen molar-refractivity contribution in [3.8, 4) is 0 Å². The van der Waals surface area contributed by atoms with Gasteiger partial charge >= 0.3 is 11.9 Å². The first kappa shape index (κ1) is 15.5. The number of esters is 2. The summed E-state index contributed by atoms with van der Waals surface area (Å²) < 4.78 is 39.0. The highest BCUT2D eigenvalue weighted by atomic mass is 32.2. The molecule has 0 amide bonds. The van der Waals surface area contributed by atoms with Crippen LogP contribution in [0.4, 0.5) is 0 Å². The minimum absolute atomic E-state index is 0.00901. The van der Waals surface area contributed by atoms with Gasteiger partial charge in [-0.1, -0.05) is 6.58 Å². The molecule has 0 aromatic carbocycles. The Balaban J connectivity index is 1.64. The third-order valence-corrected chi connectivity index (χ3v) is 6.40. The second-order valence-corrected chi connectivity index (χ2v) is 8.00. The van der Waals surface area contributed by atoms with Crippen molar-refractivity contribution in [1.29, 1.82) is 0 Å². The summed E-state index contributed by atoms with van der Waals surface area (Å²) in [4.78, 5) is 23.4. The van der Waals surface area contributed by atoms with Crippen LogP contribution in [0.1, 0.15) is 26.7 Å². The second-order valence-electron chi connectivity index (χ2n) is 6.22. The maximum Gasteiger partial charge on any atom is 0.347 e. The molecule has 1 saturated heterocycles. The van der Waals surface area contributed by atoms with E-state index in [0.717, 1.165) is 0 Å². The minimum atomic E-state index is -3.54. The van der Waals surface area contributed by atoms with Crippen molar-refractivity contribution in [1.82, 2.24) is 0 Å². The number of rotatable bonds is 4. The van der Waals surface area contributed by atoms with Gasteiger partial charge in [0.05, 0.1) is 5.25 Å². The van der Waals surface area contributed by atoms with Crippen LogP contribution in [0.25, 0.3) is 0 Å². The van der Waals surface area contributed by atoms with Crippen LogP contribution in [0.5, 0.6) is 0 Å². The van der Waals surface area contributed by atoms with E-state index in [1.807, 2.05) is 0 Å². The summed E-state index contributed by atoms with van der Waals surface area (Å²) in [5.41, 5.74) is 0.188. The molecule has 2 aliphatic carbocycles. The van der Waals surface area contributed by atoms with Gasteiger partial charge < -0.3 is 9.47 Å². The summed E-state index contributed by atoms with van der Waals surface area (Å²) in [5, 5.41) is -0.462. The Kier molecular flexibility index (Phi) is 3.56. The largest absolute Gasteiger partial charge is 0.457 e. The molecular weight excluding hydrogens is 312 g/mol. The van der Waals surface area contributed by atoms with E-state index in [0.29, 0.717) is 12.8 Å². The van der Waals surface area contributed by atoms with Crippen molar-refractivity contribution >= 4 is 22.1 Å². The second kappa shape index (κ2) is 5.06. The standard InChI is InChI=1S/C14H18O7S/c1-6(2)13(15)19-7(3)14(16)20-11-8-4-9-10(5-8)22(17,18)21-12(9)11/h7-12H,1,4-5H2,2-3H3/t7?,8-,9?,10?,11?,12?/m0/s1. The van der Waals surface area contributed by atoms with Crippen LogP contribution in [-0.2, 0) is 33.4 Å². The van der Waals surface area contributed by atoms with Crippen LogP contribution in [0, 0.1) is 11.8 Å². The number of hydrogen-bond donors (Lipinski definition) is 0. The van der Waals surface area contributed by atoms with Gasteiger partial charge in [0.25, 0.3) is 10.1 Å². The molecular formula is C14H18O7S. The van der Waals surface area contributed by atoms with E-state index in [4.69, 9.17) is 13.7 Å². The summed E-state index contributed by atoms with van der Waals surface area (Å²) in [6, 6.07) is 0. The predicted octanol–water partition coefficient (Wildman–Crippen LogP) is 0.543. The van der Waals surface area contributed by atoms with E-state index in [1.54, 1.807) is 0 Å². The Morgan fingerprint density at radius 1 is 1.32 bits per heavy atom. The summed E-state index contributed by atoms with van der Waals surface area (Å²) >= 11 is 0. The molecule has 1 heterocycles. The third kappa shape index (κ3) is 2.34. The van der Waals surface area contributed by atoms with Gasteiger partial charge in [-0.25, -0.2) is 9.59 Å². The highest BCUT2D eigenvalue weighted by Crippen LogP contribution is 2.55. The molecule has 2 saturated carbocycles. The van der Waals surface area contributed by atoms with Gasteiger partial charge in [0.1, 0.15) is 12.2 Å². The lowest BCUT2D eigenvalue weighted by atomic mass is 9.94. The highest BCUT2D eigenvalue weighted by Gasteiger charge is 2.65. The predicted molar refractivity (Wildman–Crippen MR) is 74.0 cm³/mol. The van der Waals surface area contributed by atoms with Crippen molar-refractivity contribution in [3.05, 3.63) is 12.2 Å². The lowest BCUT2D eigenvalue weighted by Gasteiger charge is -2.26. The molecule has 3 aliphatic rings. The quantitative estimate of drug-likeness (QED) is 0.422. The van der Waals surface area contributed by atoms with Crippen LogP contribution in [-0.4, -0.2) is 43.9 Å². The summed E-state index contributed by atoms with van der Waals surface area (Å²) in [6.07, 6.45) is -1.11. The number of fused-ring (bicyclic) bond motifs is 1. The molecule has 0 aromatic heterocycles. The van der Waals surface area contributed by atoms with E-state index in [1.165, 1.54) is 13.8 Å². The Labute approximate surface area is 128 Å². The molecule has 7 nitrogen and oxygen atoms in total. The lowest BCUT2D eigenvalue weighted by molar-refractivity contribution is -0.173. The van der Waals surface area contributed by atoms with Crippen LogP contribution < -0.4 is 0 Å². The van der Waals surface area contributed by atoms with Crippen LogP contribution >= 0.6 is 0 Å². The Morgan fingerprint density at radius 2 is 2.00 bits per heavy atom. The van der Waals surface area contributed by atoms with E-state index in [-0.39, 0.29) is 17.4 Å². The molecule has 1 aliphatic heterocycles. The zero-order valence-electron chi connectivity index (χ0n) is 12.4. The van der Waals surface area contributed by atoms with Gasteiger partial charge in [0.15, 0.2) is 6.10 Å². The van der Waals surface area contributed by atoms with E-state index in [9.17, 15) is 18.0 Å². The van der Waals surface area contributed by atoms with Gasteiger partial charge in [-0.15, -0.1) is 0 Å². The number of carbonyl (C=O) groups is 2. The molecule has 22 heavy (non-hydrogen) atoms. The first-order valence-corrected chi connectivity index (χ1v) is 8.67. The fraction of sp³-hybridized carbons (Fsp3) is 0.714. The molecule has 0 aromatic rings. The van der Waals surface area contributed by atoms with Crippen LogP contribution in [0.3, 0.4) is 0 Å². The summed E-state index contributed by atoms with van der Waals surface area (Å²) in [5.74, 6) is -1.47. The molecule has 0 N–H and O–H groups in total. The molecule has 6 atom stereocenters. The average Bonchev–Trinajstić information content (AvgIpc) is 3.02. The van der Waals surface area contributed by atoms with Crippen molar-refractivity contribution < 1.29 is 31.7 Å². The molecule has 0 spiro atoms. The normalized spacial score (nSPS) is 38.5. The Bertz CT molecular complexity index is 638. The maximum atomic E-state index is 12.0. The van der Waals surface area contributed by atoms with Gasteiger partial charge in [-0.05, 0) is 26.7 Å². The van der Waals surface area contributed by atoms with Gasteiger partial charge in [0.2, 0.25) is 0 Å². The molecule has 8 heteroatoms. The SMILES string of the molecule is C=C(C)C(=O)OC(C)C(=O)OC1C2OS(=O)(=O)C3C[C@@H]1CC23. The zero-order chi connectivity index (χ0) is 16.2. The van der Waals surface area contributed by atoms with Crippen molar-refractivity contribution in [3.63, 3.8) is 0 Å². The van der Waals surface area contributed by atoms with Gasteiger partial charge in [-0.2, -0.15) is 8.42 Å². The minimum Gasteiger partial charge on any atom is -0.457 e. The molecule has 3 fully saturated rings. The Hall–Kier alpha value is -1.41. The Morgan fingerprint density at radius 3 is 2.64 bits per heavy atom. The summed E-state index contributed by atoms with van der Waals surface area (Å²) in [7, 11) is -3.54. The monoisotopic (exact) mass is 330 g/mol. The van der Waals surface area contributed by atoms with Crippen molar-refractivity contribution in [2.24, 2.45) is 11.8 Å². The molecule has 3 rings (SSSR count). The van der Waals surface area contributed by atoms with Gasteiger partial charge in [-0.3, -0.25) is 4.18 Å². The lowest BCUT2D eigenvalue weighted by Crippen LogP contribution is -2.40. The van der Waals surface area contributed by atoms with E-state index < -0.39 is 45.6 Å². The molecule has 122 valence electrons. The molecule has 0 radical (unpaired) electrons.